The third-order valence-electron chi connectivity index (χ3n) is 2.99. The Hall–Kier alpha value is -1.75. The Labute approximate surface area is 112 Å². The van der Waals surface area contributed by atoms with Gasteiger partial charge in [-0.05, 0) is 37.6 Å². The molecule has 1 N–H and O–H groups in total. The van der Waals surface area contributed by atoms with E-state index >= 15 is 0 Å². The number of halogens is 1. The minimum absolute atomic E-state index is 0.0886. The number of nitrogens with one attached hydrogen (secondary N) is 1. The second-order valence-corrected chi connectivity index (χ2v) is 4.66. The molecular formula is C14H19FN4. The van der Waals surface area contributed by atoms with Crippen molar-refractivity contribution in [3.8, 4) is 0 Å². The SMILES string of the molecule is CCCNC(c1cncc(F)c1)c1cc(C)nn1C. The summed E-state index contributed by atoms with van der Waals surface area (Å²) in [4.78, 5) is 3.93. The van der Waals surface area contributed by atoms with Crippen LogP contribution in [-0.4, -0.2) is 21.3 Å². The Morgan fingerprint density at radius 3 is 2.74 bits per heavy atom. The molecule has 19 heavy (non-hydrogen) atoms. The zero-order valence-corrected chi connectivity index (χ0v) is 11.5. The summed E-state index contributed by atoms with van der Waals surface area (Å²) in [6.07, 6.45) is 3.92. The molecule has 0 saturated carbocycles. The number of nitrogens with zero attached hydrogens (tertiary/aromatic N) is 3. The number of hydrogen-bond donors (Lipinski definition) is 1. The summed E-state index contributed by atoms with van der Waals surface area (Å²) in [6.45, 7) is 4.90. The first-order valence-corrected chi connectivity index (χ1v) is 6.46. The normalized spacial score (nSPS) is 12.6. The number of pyridine rings is 1. The topological polar surface area (TPSA) is 42.7 Å². The van der Waals surface area contributed by atoms with Crippen LogP contribution in [0.2, 0.25) is 0 Å². The zero-order valence-electron chi connectivity index (χ0n) is 11.5. The van der Waals surface area contributed by atoms with Crippen molar-refractivity contribution in [2.45, 2.75) is 26.3 Å². The summed E-state index contributed by atoms with van der Waals surface area (Å²) in [5.41, 5.74) is 2.78. The van der Waals surface area contributed by atoms with Crippen molar-refractivity contribution < 1.29 is 4.39 Å². The largest absolute Gasteiger partial charge is 0.305 e. The van der Waals surface area contributed by atoms with Crippen LogP contribution < -0.4 is 5.32 Å². The number of rotatable bonds is 5. The van der Waals surface area contributed by atoms with E-state index < -0.39 is 0 Å². The second kappa shape index (κ2) is 5.93. The van der Waals surface area contributed by atoms with E-state index in [2.05, 4.69) is 22.3 Å². The van der Waals surface area contributed by atoms with Gasteiger partial charge in [0, 0.05) is 13.2 Å². The predicted octanol–water partition coefficient (Wildman–Crippen LogP) is 2.35. The quantitative estimate of drug-likeness (QED) is 0.899. The van der Waals surface area contributed by atoms with E-state index in [1.807, 2.05) is 24.7 Å². The molecule has 4 nitrogen and oxygen atoms in total. The van der Waals surface area contributed by atoms with Crippen LogP contribution in [0.5, 0.6) is 0 Å². The fraction of sp³-hybridized carbons (Fsp3) is 0.429. The second-order valence-electron chi connectivity index (χ2n) is 4.66. The number of hydrogen-bond acceptors (Lipinski definition) is 3. The standard InChI is InChI=1S/C14H19FN4/c1-4-5-17-14(11-7-12(15)9-16-8-11)13-6-10(2)18-19(13)3/h6-9,14,17H,4-5H2,1-3H3. The molecule has 1 unspecified atom stereocenters. The smallest absolute Gasteiger partial charge is 0.141 e. The average Bonchev–Trinajstić information content (AvgIpc) is 2.69. The summed E-state index contributed by atoms with van der Waals surface area (Å²) in [5.74, 6) is -0.320. The molecule has 0 aliphatic carbocycles. The zero-order chi connectivity index (χ0) is 13.8. The minimum atomic E-state index is -0.320. The van der Waals surface area contributed by atoms with Crippen LogP contribution in [0.25, 0.3) is 0 Å². The Morgan fingerprint density at radius 1 is 1.37 bits per heavy atom. The molecule has 0 aliphatic heterocycles. The first-order valence-electron chi connectivity index (χ1n) is 6.46. The van der Waals surface area contributed by atoms with Gasteiger partial charge in [0.05, 0.1) is 23.6 Å². The maximum Gasteiger partial charge on any atom is 0.141 e. The van der Waals surface area contributed by atoms with Crippen molar-refractivity contribution in [1.29, 1.82) is 0 Å². The Kier molecular flexibility index (Phi) is 4.27. The summed E-state index contributed by atoms with van der Waals surface area (Å²) in [5, 5.41) is 7.77. The van der Waals surface area contributed by atoms with Crippen molar-refractivity contribution in [2.24, 2.45) is 7.05 Å². The molecule has 102 valence electrons. The maximum atomic E-state index is 13.4. The van der Waals surface area contributed by atoms with Gasteiger partial charge in [-0.25, -0.2) is 4.39 Å². The molecule has 0 aromatic carbocycles. The molecule has 0 bridgehead atoms. The van der Waals surface area contributed by atoms with Gasteiger partial charge >= 0.3 is 0 Å². The molecular weight excluding hydrogens is 243 g/mol. The molecule has 2 aromatic rings. The Morgan fingerprint density at radius 2 is 2.16 bits per heavy atom. The Bertz CT molecular complexity index is 550. The van der Waals surface area contributed by atoms with Crippen LogP contribution in [0.1, 0.15) is 36.3 Å². The van der Waals surface area contributed by atoms with Crippen molar-refractivity contribution in [3.05, 3.63) is 47.3 Å². The molecule has 0 saturated heterocycles. The van der Waals surface area contributed by atoms with Gasteiger partial charge in [0.15, 0.2) is 0 Å². The summed E-state index contributed by atoms with van der Waals surface area (Å²) >= 11 is 0. The first-order chi connectivity index (χ1) is 9.11. The lowest BCUT2D eigenvalue weighted by molar-refractivity contribution is 0.545. The number of aryl methyl sites for hydroxylation is 2. The Balaban J connectivity index is 2.38. The van der Waals surface area contributed by atoms with Gasteiger partial charge in [0.2, 0.25) is 0 Å². The van der Waals surface area contributed by atoms with Crippen molar-refractivity contribution in [2.75, 3.05) is 6.54 Å². The third-order valence-corrected chi connectivity index (χ3v) is 2.99. The van der Waals surface area contributed by atoms with E-state index in [1.54, 1.807) is 6.20 Å². The van der Waals surface area contributed by atoms with Crippen LogP contribution in [0, 0.1) is 12.7 Å². The van der Waals surface area contributed by atoms with Gasteiger partial charge in [-0.2, -0.15) is 5.10 Å². The van der Waals surface area contributed by atoms with Gasteiger partial charge in [-0.15, -0.1) is 0 Å². The lowest BCUT2D eigenvalue weighted by Gasteiger charge is -2.19. The fourth-order valence-corrected chi connectivity index (χ4v) is 2.17. The first kappa shape index (κ1) is 13.7. The lowest BCUT2D eigenvalue weighted by atomic mass is 10.1. The highest BCUT2D eigenvalue weighted by atomic mass is 19.1. The lowest BCUT2D eigenvalue weighted by Crippen LogP contribution is -2.25. The van der Waals surface area contributed by atoms with E-state index in [4.69, 9.17) is 0 Å². The van der Waals surface area contributed by atoms with Crippen LogP contribution in [0.3, 0.4) is 0 Å². The monoisotopic (exact) mass is 262 g/mol. The van der Waals surface area contributed by atoms with Crippen LogP contribution in [-0.2, 0) is 7.05 Å². The maximum absolute atomic E-state index is 13.4. The highest BCUT2D eigenvalue weighted by Gasteiger charge is 2.18. The fourth-order valence-electron chi connectivity index (χ4n) is 2.17. The van der Waals surface area contributed by atoms with E-state index in [0.717, 1.165) is 29.9 Å². The van der Waals surface area contributed by atoms with Gasteiger partial charge in [-0.3, -0.25) is 9.67 Å². The van der Waals surface area contributed by atoms with Crippen molar-refractivity contribution in [1.82, 2.24) is 20.1 Å². The molecule has 2 rings (SSSR count). The predicted molar refractivity (Wildman–Crippen MR) is 72.3 cm³/mol. The van der Waals surface area contributed by atoms with Crippen molar-refractivity contribution in [3.63, 3.8) is 0 Å². The summed E-state index contributed by atoms with van der Waals surface area (Å²) in [6, 6.07) is 3.44. The molecule has 5 heteroatoms. The molecule has 2 aromatic heterocycles. The van der Waals surface area contributed by atoms with E-state index in [9.17, 15) is 4.39 Å². The summed E-state index contributed by atoms with van der Waals surface area (Å²) < 4.78 is 15.2. The molecule has 0 fully saturated rings. The van der Waals surface area contributed by atoms with Gasteiger partial charge in [-0.1, -0.05) is 6.92 Å². The van der Waals surface area contributed by atoms with E-state index in [1.165, 1.54) is 12.3 Å². The van der Waals surface area contributed by atoms with E-state index in [-0.39, 0.29) is 11.9 Å². The van der Waals surface area contributed by atoms with Gasteiger partial charge < -0.3 is 5.32 Å². The highest BCUT2D eigenvalue weighted by Crippen LogP contribution is 2.22. The van der Waals surface area contributed by atoms with E-state index in [0.29, 0.717) is 0 Å². The average molecular weight is 262 g/mol. The van der Waals surface area contributed by atoms with Crippen LogP contribution >= 0.6 is 0 Å². The van der Waals surface area contributed by atoms with Gasteiger partial charge in [0.25, 0.3) is 0 Å². The molecule has 0 aliphatic rings. The van der Waals surface area contributed by atoms with Crippen LogP contribution in [0.4, 0.5) is 4.39 Å². The molecule has 2 heterocycles. The summed E-state index contributed by atoms with van der Waals surface area (Å²) in [7, 11) is 1.90. The van der Waals surface area contributed by atoms with Gasteiger partial charge in [0.1, 0.15) is 5.82 Å². The molecule has 0 amide bonds. The van der Waals surface area contributed by atoms with Crippen LogP contribution in [0.15, 0.2) is 24.5 Å². The number of aromatic nitrogens is 3. The minimum Gasteiger partial charge on any atom is -0.305 e. The molecule has 0 spiro atoms. The van der Waals surface area contributed by atoms with Crippen molar-refractivity contribution >= 4 is 0 Å². The third kappa shape index (κ3) is 3.17. The highest BCUT2D eigenvalue weighted by molar-refractivity contribution is 5.27. The molecule has 1 atom stereocenters. The molecule has 0 radical (unpaired) electrons.